The van der Waals surface area contributed by atoms with Crippen LogP contribution in [-0.4, -0.2) is 0 Å². The van der Waals surface area contributed by atoms with Gasteiger partial charge in [-0.25, -0.2) is 5.43 Å². The zero-order valence-electron chi connectivity index (χ0n) is 12.4. The van der Waals surface area contributed by atoms with Gasteiger partial charge in [-0.3, -0.25) is 5.84 Å². The van der Waals surface area contributed by atoms with E-state index in [4.69, 9.17) is 10.3 Å². The minimum atomic E-state index is 0.191. The maximum atomic E-state index is 6.09. The summed E-state index contributed by atoms with van der Waals surface area (Å²) in [4.78, 5) is 0. The molecule has 0 saturated heterocycles. The molecule has 5 atom stereocenters. The fourth-order valence-corrected chi connectivity index (χ4v) is 5.56. The number of hydrazine groups is 1. The van der Waals surface area contributed by atoms with Crippen molar-refractivity contribution in [2.24, 2.45) is 35.4 Å². The van der Waals surface area contributed by atoms with Crippen molar-refractivity contribution in [3.8, 4) is 0 Å². The van der Waals surface area contributed by atoms with Crippen molar-refractivity contribution in [3.05, 3.63) is 35.6 Å². The summed E-state index contributed by atoms with van der Waals surface area (Å²) in [5, 5.41) is 1.19. The number of nitrogens with two attached hydrogens (primary N) is 1. The molecule has 3 nitrogen and oxygen atoms in total. The predicted octanol–water partition coefficient (Wildman–Crippen LogP) is 3.54. The van der Waals surface area contributed by atoms with Crippen LogP contribution in [0.1, 0.15) is 36.6 Å². The Bertz CT molecular complexity index is 690. The lowest BCUT2D eigenvalue weighted by Gasteiger charge is -2.17. The van der Waals surface area contributed by atoms with Crippen LogP contribution >= 0.6 is 0 Å². The number of benzene rings is 1. The van der Waals surface area contributed by atoms with Gasteiger partial charge in [0, 0.05) is 5.39 Å². The van der Waals surface area contributed by atoms with E-state index in [0.717, 1.165) is 35.0 Å². The normalized spacial score (nSPS) is 37.9. The van der Waals surface area contributed by atoms with Crippen LogP contribution < -0.4 is 11.3 Å². The van der Waals surface area contributed by atoms with Gasteiger partial charge in [-0.05, 0) is 74.0 Å². The number of furan rings is 1. The number of fused-ring (bicyclic) bond motifs is 6. The second-order valence-corrected chi connectivity index (χ2v) is 7.40. The number of aryl methyl sites for hydroxylation is 1. The minimum Gasteiger partial charge on any atom is -0.459 e. The Balaban J connectivity index is 1.49. The third-order valence-electron chi connectivity index (χ3n) is 6.36. The molecule has 5 unspecified atom stereocenters. The molecule has 5 rings (SSSR count). The summed E-state index contributed by atoms with van der Waals surface area (Å²) >= 11 is 0. The van der Waals surface area contributed by atoms with Crippen molar-refractivity contribution < 1.29 is 4.42 Å². The van der Waals surface area contributed by atoms with Crippen molar-refractivity contribution in [2.45, 2.75) is 32.2 Å². The van der Waals surface area contributed by atoms with Crippen LogP contribution in [0, 0.1) is 36.5 Å². The molecule has 3 N–H and O–H groups in total. The van der Waals surface area contributed by atoms with Gasteiger partial charge in [0.15, 0.2) is 0 Å². The number of hydrogen-bond acceptors (Lipinski definition) is 3. The lowest BCUT2D eigenvalue weighted by molar-refractivity contribution is 0.334. The Morgan fingerprint density at radius 2 is 1.95 bits per heavy atom. The van der Waals surface area contributed by atoms with Crippen LogP contribution in [0.4, 0.5) is 0 Å². The quantitative estimate of drug-likeness (QED) is 0.669. The first-order valence-electron chi connectivity index (χ1n) is 8.22. The third-order valence-corrected chi connectivity index (χ3v) is 6.36. The smallest absolute Gasteiger partial charge is 0.134 e. The summed E-state index contributed by atoms with van der Waals surface area (Å²) in [5.74, 6) is 11.4. The first-order chi connectivity index (χ1) is 10.3. The fourth-order valence-electron chi connectivity index (χ4n) is 5.56. The number of nitrogens with one attached hydrogen (secondary N) is 1. The Morgan fingerprint density at radius 1 is 1.19 bits per heavy atom. The maximum Gasteiger partial charge on any atom is 0.134 e. The van der Waals surface area contributed by atoms with Gasteiger partial charge < -0.3 is 4.42 Å². The van der Waals surface area contributed by atoms with Gasteiger partial charge in [-0.2, -0.15) is 0 Å². The number of rotatable bonds is 3. The zero-order chi connectivity index (χ0) is 14.1. The van der Waals surface area contributed by atoms with Gasteiger partial charge in [-0.1, -0.05) is 11.6 Å². The molecule has 3 saturated carbocycles. The largest absolute Gasteiger partial charge is 0.459 e. The molecule has 0 radical (unpaired) electrons. The molecule has 110 valence electrons. The molecule has 3 aliphatic carbocycles. The van der Waals surface area contributed by atoms with Gasteiger partial charge in [-0.15, -0.1) is 0 Å². The van der Waals surface area contributed by atoms with E-state index < -0.39 is 0 Å². The van der Waals surface area contributed by atoms with Crippen LogP contribution in [0.3, 0.4) is 0 Å². The summed E-state index contributed by atoms with van der Waals surface area (Å²) in [5.41, 5.74) is 5.31. The molecule has 3 heteroatoms. The van der Waals surface area contributed by atoms with E-state index in [1.165, 1.54) is 30.2 Å². The highest BCUT2D eigenvalue weighted by Gasteiger charge is 2.67. The van der Waals surface area contributed by atoms with E-state index in [-0.39, 0.29) is 6.04 Å². The molecule has 2 aromatic rings. The van der Waals surface area contributed by atoms with E-state index in [9.17, 15) is 0 Å². The molecule has 2 bridgehead atoms. The lowest BCUT2D eigenvalue weighted by Crippen LogP contribution is -2.31. The van der Waals surface area contributed by atoms with Gasteiger partial charge in [0.1, 0.15) is 11.3 Å². The van der Waals surface area contributed by atoms with Crippen molar-refractivity contribution in [3.63, 3.8) is 0 Å². The van der Waals surface area contributed by atoms with Gasteiger partial charge in [0.2, 0.25) is 0 Å². The summed E-state index contributed by atoms with van der Waals surface area (Å²) in [6.07, 6.45) is 4.36. The molecule has 21 heavy (non-hydrogen) atoms. The molecule has 1 aromatic heterocycles. The molecule has 0 spiro atoms. The highest BCUT2D eigenvalue weighted by Crippen LogP contribution is 2.72. The van der Waals surface area contributed by atoms with Crippen molar-refractivity contribution in [1.29, 1.82) is 0 Å². The zero-order valence-corrected chi connectivity index (χ0v) is 12.4. The van der Waals surface area contributed by atoms with Crippen molar-refractivity contribution in [2.75, 3.05) is 0 Å². The Labute approximate surface area is 124 Å². The molecule has 0 amide bonds. The SMILES string of the molecule is Cc1ccc2oc(C(NN)C3C4C5CCC(C5)C43)cc2c1. The van der Waals surface area contributed by atoms with Crippen LogP contribution in [-0.2, 0) is 0 Å². The van der Waals surface area contributed by atoms with Gasteiger partial charge in [0.25, 0.3) is 0 Å². The molecule has 1 heterocycles. The van der Waals surface area contributed by atoms with E-state index in [1.807, 2.05) is 0 Å². The monoisotopic (exact) mass is 282 g/mol. The van der Waals surface area contributed by atoms with E-state index in [0.29, 0.717) is 5.92 Å². The summed E-state index contributed by atoms with van der Waals surface area (Å²) in [6.45, 7) is 2.12. The molecular formula is C18H22N2O. The van der Waals surface area contributed by atoms with Crippen LogP contribution in [0.25, 0.3) is 11.0 Å². The molecular weight excluding hydrogens is 260 g/mol. The van der Waals surface area contributed by atoms with Gasteiger partial charge >= 0.3 is 0 Å². The summed E-state index contributed by atoms with van der Waals surface area (Å²) in [6, 6.07) is 8.73. The third kappa shape index (κ3) is 1.62. The average molecular weight is 282 g/mol. The van der Waals surface area contributed by atoms with E-state index in [2.05, 4.69) is 36.6 Å². The van der Waals surface area contributed by atoms with Crippen molar-refractivity contribution in [1.82, 2.24) is 5.43 Å². The molecule has 1 aromatic carbocycles. The first kappa shape index (κ1) is 12.2. The average Bonchev–Trinajstić information content (AvgIpc) is 2.83. The molecule has 3 fully saturated rings. The summed E-state index contributed by atoms with van der Waals surface area (Å²) in [7, 11) is 0. The second-order valence-electron chi connectivity index (χ2n) is 7.40. The Hall–Kier alpha value is -1.32. The van der Waals surface area contributed by atoms with Gasteiger partial charge in [0.05, 0.1) is 6.04 Å². The molecule has 3 aliphatic rings. The highest BCUT2D eigenvalue weighted by molar-refractivity contribution is 5.78. The van der Waals surface area contributed by atoms with Crippen LogP contribution in [0.5, 0.6) is 0 Å². The standard InChI is InChI=1S/C18H22N2O/c1-9-2-5-13-12(6-9)8-14(21-13)18(20-19)17-15-10-3-4-11(7-10)16(15)17/h2,5-6,8,10-11,15-18,20H,3-4,7,19H2,1H3. The van der Waals surface area contributed by atoms with Crippen molar-refractivity contribution >= 4 is 11.0 Å². The minimum absolute atomic E-state index is 0.191. The molecule has 0 aliphatic heterocycles. The van der Waals surface area contributed by atoms with Crippen LogP contribution in [0.15, 0.2) is 28.7 Å². The fraction of sp³-hybridized carbons (Fsp3) is 0.556. The van der Waals surface area contributed by atoms with Crippen LogP contribution in [0.2, 0.25) is 0 Å². The highest BCUT2D eigenvalue weighted by atomic mass is 16.3. The Kier molecular flexibility index (Phi) is 2.40. The van der Waals surface area contributed by atoms with E-state index >= 15 is 0 Å². The summed E-state index contributed by atoms with van der Waals surface area (Å²) < 4.78 is 6.09. The second kappa shape index (κ2) is 4.11. The number of hydrogen-bond donors (Lipinski definition) is 2. The topological polar surface area (TPSA) is 51.2 Å². The Morgan fingerprint density at radius 3 is 2.67 bits per heavy atom. The maximum absolute atomic E-state index is 6.09. The first-order valence-corrected chi connectivity index (χ1v) is 8.22. The predicted molar refractivity (Wildman–Crippen MR) is 82.3 cm³/mol. The lowest BCUT2D eigenvalue weighted by atomic mass is 9.96. The van der Waals surface area contributed by atoms with E-state index in [1.54, 1.807) is 0 Å².